The fourth-order valence-corrected chi connectivity index (χ4v) is 3.16. The molecule has 0 radical (unpaired) electrons. The number of anilines is 1. The van der Waals surface area contributed by atoms with Gasteiger partial charge in [0.25, 0.3) is 5.91 Å². The molecule has 1 aromatic heterocycles. The summed E-state index contributed by atoms with van der Waals surface area (Å²) in [6.45, 7) is 3.82. The standard InChI is InChI=1S/C16H18N2O4S/c1-4-5-13-17-9(2)14(23-13)15(19)18-12-7-6-10(22-3)8-11(12)16(20)21/h6-8H,4-5H2,1-3H3,(H,18,19)(H,20,21). The fraction of sp³-hybridized carbons (Fsp3) is 0.312. The average Bonchev–Trinajstić information content (AvgIpc) is 2.88. The van der Waals surface area contributed by atoms with Gasteiger partial charge < -0.3 is 15.2 Å². The molecule has 2 aromatic rings. The van der Waals surface area contributed by atoms with Crippen molar-refractivity contribution in [2.24, 2.45) is 0 Å². The number of carboxylic acid groups (broad SMARTS) is 1. The summed E-state index contributed by atoms with van der Waals surface area (Å²) in [7, 11) is 1.45. The number of aromatic carboxylic acids is 1. The van der Waals surface area contributed by atoms with E-state index in [1.165, 1.54) is 30.6 Å². The monoisotopic (exact) mass is 334 g/mol. The van der Waals surface area contributed by atoms with Crippen LogP contribution in [0.25, 0.3) is 0 Å². The number of ether oxygens (including phenoxy) is 1. The summed E-state index contributed by atoms with van der Waals surface area (Å²) in [6.07, 6.45) is 1.78. The van der Waals surface area contributed by atoms with Gasteiger partial charge in [-0.05, 0) is 38.0 Å². The summed E-state index contributed by atoms with van der Waals surface area (Å²) in [5.74, 6) is -1.07. The number of benzene rings is 1. The quantitative estimate of drug-likeness (QED) is 0.845. The summed E-state index contributed by atoms with van der Waals surface area (Å²) in [5.41, 5.74) is 0.864. The molecule has 0 aliphatic rings. The maximum atomic E-state index is 12.4. The second kappa shape index (κ2) is 7.23. The molecular weight excluding hydrogens is 316 g/mol. The molecule has 0 bridgehead atoms. The lowest BCUT2D eigenvalue weighted by Crippen LogP contribution is -2.14. The first-order valence-electron chi connectivity index (χ1n) is 7.15. The molecule has 0 fully saturated rings. The second-order valence-electron chi connectivity index (χ2n) is 4.94. The molecule has 0 atom stereocenters. The predicted octanol–water partition coefficient (Wildman–Crippen LogP) is 3.36. The van der Waals surface area contributed by atoms with Crippen LogP contribution in [0.4, 0.5) is 5.69 Å². The Bertz CT molecular complexity index is 740. The van der Waals surface area contributed by atoms with E-state index in [2.05, 4.69) is 10.3 Å². The molecule has 1 amide bonds. The van der Waals surface area contributed by atoms with E-state index in [1.807, 2.05) is 6.92 Å². The largest absolute Gasteiger partial charge is 0.497 e. The van der Waals surface area contributed by atoms with Crippen molar-refractivity contribution in [2.45, 2.75) is 26.7 Å². The molecule has 2 rings (SSSR count). The van der Waals surface area contributed by atoms with E-state index < -0.39 is 5.97 Å². The van der Waals surface area contributed by atoms with E-state index in [-0.39, 0.29) is 17.2 Å². The lowest BCUT2D eigenvalue weighted by atomic mass is 10.1. The van der Waals surface area contributed by atoms with Crippen LogP contribution in [0.1, 0.15) is 44.1 Å². The van der Waals surface area contributed by atoms with E-state index in [4.69, 9.17) is 4.74 Å². The number of thiazole rings is 1. The Labute approximate surface area is 138 Å². The number of methoxy groups -OCH3 is 1. The molecule has 6 nitrogen and oxygen atoms in total. The lowest BCUT2D eigenvalue weighted by molar-refractivity contribution is 0.0697. The Balaban J connectivity index is 2.28. The Kier molecular flexibility index (Phi) is 5.33. The molecule has 0 saturated heterocycles. The van der Waals surface area contributed by atoms with Gasteiger partial charge in [0, 0.05) is 0 Å². The average molecular weight is 334 g/mol. The van der Waals surface area contributed by atoms with E-state index in [1.54, 1.807) is 13.0 Å². The number of carbonyl (C=O) groups excluding carboxylic acids is 1. The number of nitrogens with zero attached hydrogens (tertiary/aromatic N) is 1. The molecule has 0 aliphatic carbocycles. The summed E-state index contributed by atoms with van der Waals surface area (Å²) < 4.78 is 5.01. The van der Waals surface area contributed by atoms with E-state index >= 15 is 0 Å². The number of rotatable bonds is 6. The van der Waals surface area contributed by atoms with Gasteiger partial charge in [0.1, 0.15) is 10.6 Å². The summed E-state index contributed by atoms with van der Waals surface area (Å²) in [4.78, 5) is 28.6. The molecule has 23 heavy (non-hydrogen) atoms. The van der Waals surface area contributed by atoms with Crippen LogP contribution in [0.3, 0.4) is 0 Å². The number of carbonyl (C=O) groups is 2. The van der Waals surface area contributed by atoms with Crippen molar-refractivity contribution in [2.75, 3.05) is 12.4 Å². The van der Waals surface area contributed by atoms with Crippen LogP contribution in [0.2, 0.25) is 0 Å². The van der Waals surface area contributed by atoms with Gasteiger partial charge in [0.15, 0.2) is 0 Å². The SMILES string of the molecule is CCCc1nc(C)c(C(=O)Nc2ccc(OC)cc2C(=O)O)s1. The maximum absolute atomic E-state index is 12.4. The van der Waals surface area contributed by atoms with Crippen molar-refractivity contribution in [3.8, 4) is 5.75 Å². The van der Waals surface area contributed by atoms with E-state index in [9.17, 15) is 14.7 Å². The highest BCUT2D eigenvalue weighted by molar-refractivity contribution is 7.13. The molecule has 0 aliphatic heterocycles. The van der Waals surface area contributed by atoms with E-state index in [0.29, 0.717) is 16.3 Å². The van der Waals surface area contributed by atoms with Crippen LogP contribution >= 0.6 is 11.3 Å². The molecule has 0 saturated carbocycles. The third-order valence-corrected chi connectivity index (χ3v) is 4.43. The summed E-state index contributed by atoms with van der Waals surface area (Å²) >= 11 is 1.34. The van der Waals surface area contributed by atoms with Crippen molar-refractivity contribution in [1.82, 2.24) is 4.98 Å². The van der Waals surface area contributed by atoms with E-state index in [0.717, 1.165) is 17.8 Å². The van der Waals surface area contributed by atoms with Crippen molar-refractivity contribution >= 4 is 28.9 Å². The number of aryl methyl sites for hydroxylation is 2. The zero-order valence-corrected chi connectivity index (χ0v) is 14.0. The smallest absolute Gasteiger partial charge is 0.337 e. The minimum atomic E-state index is -1.13. The number of hydrogen-bond acceptors (Lipinski definition) is 5. The third kappa shape index (κ3) is 3.87. The van der Waals surface area contributed by atoms with Gasteiger partial charge >= 0.3 is 5.97 Å². The van der Waals surface area contributed by atoms with Crippen LogP contribution in [0.5, 0.6) is 5.75 Å². The lowest BCUT2D eigenvalue weighted by Gasteiger charge is -2.09. The number of aromatic nitrogens is 1. The minimum absolute atomic E-state index is 0.0198. The third-order valence-electron chi connectivity index (χ3n) is 3.22. The van der Waals surface area contributed by atoms with Crippen LogP contribution < -0.4 is 10.1 Å². The predicted molar refractivity (Wildman–Crippen MR) is 88.8 cm³/mol. The Morgan fingerprint density at radius 2 is 2.13 bits per heavy atom. The van der Waals surface area contributed by atoms with Gasteiger partial charge in [-0.15, -0.1) is 11.3 Å². The minimum Gasteiger partial charge on any atom is -0.497 e. The molecule has 2 N–H and O–H groups in total. The molecule has 0 unspecified atom stereocenters. The molecule has 1 heterocycles. The Hall–Kier alpha value is -2.41. The zero-order chi connectivity index (χ0) is 17.0. The van der Waals surface area contributed by atoms with Gasteiger partial charge in [0.05, 0.1) is 29.1 Å². The van der Waals surface area contributed by atoms with Gasteiger partial charge in [-0.1, -0.05) is 6.92 Å². The molecule has 7 heteroatoms. The number of carboxylic acids is 1. The van der Waals surface area contributed by atoms with Gasteiger partial charge in [-0.3, -0.25) is 4.79 Å². The summed E-state index contributed by atoms with van der Waals surface area (Å²) in [5, 5.41) is 12.8. The highest BCUT2D eigenvalue weighted by Crippen LogP contribution is 2.25. The first-order valence-corrected chi connectivity index (χ1v) is 7.96. The topological polar surface area (TPSA) is 88.5 Å². The van der Waals surface area contributed by atoms with Gasteiger partial charge in [0.2, 0.25) is 0 Å². The van der Waals surface area contributed by atoms with Crippen LogP contribution in [0, 0.1) is 6.92 Å². The maximum Gasteiger partial charge on any atom is 0.337 e. The molecule has 0 spiro atoms. The highest BCUT2D eigenvalue weighted by atomic mass is 32.1. The van der Waals surface area contributed by atoms with Crippen molar-refractivity contribution < 1.29 is 19.4 Å². The molecular formula is C16H18N2O4S. The van der Waals surface area contributed by atoms with Crippen LogP contribution in [0.15, 0.2) is 18.2 Å². The normalized spacial score (nSPS) is 10.4. The Morgan fingerprint density at radius 1 is 1.39 bits per heavy atom. The van der Waals surface area contributed by atoms with Gasteiger partial charge in [-0.25, -0.2) is 9.78 Å². The fourth-order valence-electron chi connectivity index (χ4n) is 2.10. The highest BCUT2D eigenvalue weighted by Gasteiger charge is 2.18. The summed E-state index contributed by atoms with van der Waals surface area (Å²) in [6, 6.07) is 4.49. The number of amides is 1. The van der Waals surface area contributed by atoms with Crippen LogP contribution in [-0.2, 0) is 6.42 Å². The van der Waals surface area contributed by atoms with Crippen LogP contribution in [-0.4, -0.2) is 29.1 Å². The van der Waals surface area contributed by atoms with Gasteiger partial charge in [-0.2, -0.15) is 0 Å². The van der Waals surface area contributed by atoms with Crippen molar-refractivity contribution in [3.63, 3.8) is 0 Å². The first kappa shape index (κ1) is 17.0. The number of hydrogen-bond donors (Lipinski definition) is 2. The van der Waals surface area contributed by atoms with Crippen molar-refractivity contribution in [3.05, 3.63) is 39.3 Å². The zero-order valence-electron chi connectivity index (χ0n) is 13.2. The first-order chi connectivity index (χ1) is 11.0. The Morgan fingerprint density at radius 3 is 2.74 bits per heavy atom. The molecule has 1 aromatic carbocycles. The second-order valence-corrected chi connectivity index (χ2v) is 6.03. The van der Waals surface area contributed by atoms with Crippen molar-refractivity contribution in [1.29, 1.82) is 0 Å². The molecule has 122 valence electrons. The number of nitrogens with one attached hydrogen (secondary N) is 1.